The van der Waals surface area contributed by atoms with Gasteiger partial charge in [0, 0.05) is 5.70 Å². The predicted molar refractivity (Wildman–Crippen MR) is 121 cm³/mol. The van der Waals surface area contributed by atoms with Gasteiger partial charge in [0.25, 0.3) is 0 Å². The van der Waals surface area contributed by atoms with Gasteiger partial charge in [-0.3, -0.25) is 9.59 Å². The smallest absolute Gasteiger partial charge is 0.311 e. The van der Waals surface area contributed by atoms with E-state index in [9.17, 15) is 9.59 Å². The number of esters is 1. The van der Waals surface area contributed by atoms with E-state index in [-0.39, 0.29) is 24.1 Å². The summed E-state index contributed by atoms with van der Waals surface area (Å²) in [7, 11) is 1.56. The van der Waals surface area contributed by atoms with E-state index < -0.39 is 0 Å². The van der Waals surface area contributed by atoms with Crippen molar-refractivity contribution in [1.29, 1.82) is 0 Å². The normalized spacial score (nSPS) is 12.5. The predicted octanol–water partition coefficient (Wildman–Crippen LogP) is 4.36. The molecule has 30 heavy (non-hydrogen) atoms. The van der Waals surface area contributed by atoms with E-state index in [0.717, 1.165) is 11.4 Å². The van der Waals surface area contributed by atoms with E-state index in [1.165, 1.54) is 11.8 Å². The summed E-state index contributed by atoms with van der Waals surface area (Å²) >= 11 is 1.29. The zero-order valence-corrected chi connectivity index (χ0v) is 17.6. The highest BCUT2D eigenvalue weighted by atomic mass is 32.2. The Hall–Kier alpha value is -3.26. The number of para-hydroxylation sites is 4. The van der Waals surface area contributed by atoms with Gasteiger partial charge in [-0.1, -0.05) is 36.0 Å². The van der Waals surface area contributed by atoms with Crippen molar-refractivity contribution in [2.75, 3.05) is 30.1 Å². The molecular formula is C22H23N3O4S. The molecule has 1 aliphatic heterocycles. The molecule has 7 nitrogen and oxygen atoms in total. The van der Waals surface area contributed by atoms with E-state index in [1.54, 1.807) is 32.2 Å². The minimum atomic E-state index is -0.325. The average Bonchev–Trinajstić information content (AvgIpc) is 2.91. The second-order valence-corrected chi connectivity index (χ2v) is 7.28. The minimum absolute atomic E-state index is 0.0924. The fraction of sp³-hybridized carbons (Fsp3) is 0.227. The fourth-order valence-corrected chi connectivity index (χ4v) is 3.54. The summed E-state index contributed by atoms with van der Waals surface area (Å²) in [4.78, 5) is 29.0. The van der Waals surface area contributed by atoms with Crippen LogP contribution in [0.25, 0.3) is 0 Å². The molecule has 0 unspecified atom stereocenters. The van der Waals surface area contributed by atoms with E-state index in [0.29, 0.717) is 28.8 Å². The molecular weight excluding hydrogens is 402 g/mol. The zero-order chi connectivity index (χ0) is 21.3. The molecule has 2 N–H and O–H groups in total. The third-order valence-corrected chi connectivity index (χ3v) is 5.01. The molecule has 1 aliphatic rings. The van der Waals surface area contributed by atoms with Crippen molar-refractivity contribution in [3.63, 3.8) is 0 Å². The van der Waals surface area contributed by atoms with E-state index >= 15 is 0 Å². The number of thioether (sulfide) groups is 1. The van der Waals surface area contributed by atoms with Gasteiger partial charge in [0.1, 0.15) is 5.75 Å². The molecule has 0 aliphatic carbocycles. The number of rotatable bonds is 7. The van der Waals surface area contributed by atoms with E-state index in [2.05, 4.69) is 15.6 Å². The lowest BCUT2D eigenvalue weighted by molar-refractivity contribution is -0.142. The number of carbonyl (C=O) groups is 2. The summed E-state index contributed by atoms with van der Waals surface area (Å²) in [5.41, 5.74) is 2.80. The van der Waals surface area contributed by atoms with Crippen molar-refractivity contribution < 1.29 is 19.1 Å². The van der Waals surface area contributed by atoms with Crippen LogP contribution < -0.4 is 15.4 Å². The molecule has 1 heterocycles. The molecule has 0 aromatic heterocycles. The Morgan fingerprint density at radius 3 is 2.70 bits per heavy atom. The Kier molecular flexibility index (Phi) is 7.51. The van der Waals surface area contributed by atoms with Gasteiger partial charge in [-0.15, -0.1) is 0 Å². The molecule has 8 heteroatoms. The Labute approximate surface area is 179 Å². The minimum Gasteiger partial charge on any atom is -0.495 e. The highest BCUT2D eigenvalue weighted by Crippen LogP contribution is 2.31. The lowest BCUT2D eigenvalue weighted by atomic mass is 10.2. The quantitative estimate of drug-likeness (QED) is 0.641. The molecule has 0 radical (unpaired) electrons. The number of nitrogens with zero attached hydrogens (tertiary/aromatic N) is 1. The lowest BCUT2D eigenvalue weighted by Crippen LogP contribution is -2.16. The highest BCUT2D eigenvalue weighted by molar-refractivity contribution is 8.14. The highest BCUT2D eigenvalue weighted by Gasteiger charge is 2.16. The van der Waals surface area contributed by atoms with Crippen LogP contribution in [0.4, 0.5) is 17.1 Å². The third-order valence-electron chi connectivity index (χ3n) is 4.10. The van der Waals surface area contributed by atoms with Gasteiger partial charge in [0.2, 0.25) is 5.91 Å². The van der Waals surface area contributed by atoms with Crippen LogP contribution in [0.3, 0.4) is 0 Å². The summed E-state index contributed by atoms with van der Waals surface area (Å²) in [6.07, 6.45) is 1.87. The maximum absolute atomic E-state index is 12.4. The molecule has 0 bridgehead atoms. The number of benzene rings is 2. The Balaban J connectivity index is 1.72. The van der Waals surface area contributed by atoms with Crippen LogP contribution in [0.5, 0.6) is 5.75 Å². The maximum atomic E-state index is 12.4. The van der Waals surface area contributed by atoms with Crippen molar-refractivity contribution in [2.24, 2.45) is 4.99 Å². The third kappa shape index (κ3) is 5.87. The van der Waals surface area contributed by atoms with Gasteiger partial charge in [0.15, 0.2) is 0 Å². The second kappa shape index (κ2) is 10.5. The van der Waals surface area contributed by atoms with Crippen LogP contribution >= 0.6 is 11.8 Å². The lowest BCUT2D eigenvalue weighted by Gasteiger charge is -2.10. The van der Waals surface area contributed by atoms with Gasteiger partial charge in [-0.25, -0.2) is 4.99 Å². The van der Waals surface area contributed by atoms with Crippen LogP contribution in [0.15, 0.2) is 65.3 Å². The van der Waals surface area contributed by atoms with Crippen molar-refractivity contribution in [1.82, 2.24) is 0 Å². The number of hydrogen-bond acceptors (Lipinski definition) is 7. The fourth-order valence-electron chi connectivity index (χ4n) is 2.80. The van der Waals surface area contributed by atoms with Gasteiger partial charge in [0.05, 0.1) is 48.0 Å². The van der Waals surface area contributed by atoms with Crippen LogP contribution in [0.1, 0.15) is 13.3 Å². The summed E-state index contributed by atoms with van der Waals surface area (Å²) in [6.45, 7) is 2.09. The number of anilines is 2. The van der Waals surface area contributed by atoms with Gasteiger partial charge in [-0.2, -0.15) is 0 Å². The molecule has 0 atom stereocenters. The first-order valence-electron chi connectivity index (χ1n) is 9.45. The standard InChI is InChI=1S/C22H23N3O4S/c1-3-29-22(27)13-15-12-21(25-17-9-5-4-8-16(17)23-15)30-14-20(26)24-18-10-6-7-11-19(18)28-2/h4-12,23H,3,13-14H2,1-2H3,(H,24,26). The van der Waals surface area contributed by atoms with Crippen molar-refractivity contribution in [2.45, 2.75) is 13.3 Å². The number of ether oxygens (including phenoxy) is 2. The average molecular weight is 426 g/mol. The topological polar surface area (TPSA) is 89.0 Å². The second-order valence-electron chi connectivity index (χ2n) is 6.28. The molecule has 2 aromatic rings. The zero-order valence-electron chi connectivity index (χ0n) is 16.8. The number of fused-ring (bicyclic) bond motifs is 1. The number of carbonyl (C=O) groups excluding carboxylic acids is 2. The Bertz CT molecular complexity index is 988. The first kappa shape index (κ1) is 21.4. The number of nitrogens with one attached hydrogen (secondary N) is 2. The maximum Gasteiger partial charge on any atom is 0.311 e. The van der Waals surface area contributed by atoms with Crippen molar-refractivity contribution in [3.8, 4) is 5.75 Å². The molecule has 156 valence electrons. The number of aliphatic imine (C=N–C) groups is 1. The SMILES string of the molecule is CCOC(=O)CC1=CC(SCC(=O)Nc2ccccc2OC)=Nc2ccccc2N1. The summed E-state index contributed by atoms with van der Waals surface area (Å²) in [6, 6.07) is 14.8. The number of amides is 1. The number of hydrogen-bond donors (Lipinski definition) is 2. The first-order chi connectivity index (χ1) is 14.6. The van der Waals surface area contributed by atoms with Crippen molar-refractivity contribution in [3.05, 3.63) is 60.3 Å². The van der Waals surface area contributed by atoms with Gasteiger partial charge >= 0.3 is 5.97 Å². The molecule has 0 saturated carbocycles. The summed E-state index contributed by atoms with van der Waals surface area (Å²) in [5, 5.41) is 6.71. The van der Waals surface area contributed by atoms with E-state index in [1.807, 2.05) is 36.4 Å². The first-order valence-corrected chi connectivity index (χ1v) is 10.4. The summed E-state index contributed by atoms with van der Waals surface area (Å²) < 4.78 is 10.3. The molecule has 0 fully saturated rings. The molecule has 0 spiro atoms. The molecule has 2 aromatic carbocycles. The molecule has 0 saturated heterocycles. The van der Waals surface area contributed by atoms with Crippen LogP contribution in [0, 0.1) is 0 Å². The monoisotopic (exact) mass is 425 g/mol. The van der Waals surface area contributed by atoms with Gasteiger partial charge < -0.3 is 20.1 Å². The molecule has 1 amide bonds. The van der Waals surface area contributed by atoms with Crippen LogP contribution in [-0.2, 0) is 14.3 Å². The largest absolute Gasteiger partial charge is 0.495 e. The van der Waals surface area contributed by atoms with Crippen LogP contribution in [0.2, 0.25) is 0 Å². The van der Waals surface area contributed by atoms with Gasteiger partial charge in [-0.05, 0) is 37.3 Å². The molecule has 3 rings (SSSR count). The van der Waals surface area contributed by atoms with Crippen molar-refractivity contribution >= 4 is 45.7 Å². The van der Waals surface area contributed by atoms with Crippen LogP contribution in [-0.4, -0.2) is 36.4 Å². The summed E-state index contributed by atoms with van der Waals surface area (Å²) in [5.74, 6) is 0.242. The number of methoxy groups -OCH3 is 1. The van der Waals surface area contributed by atoms with E-state index in [4.69, 9.17) is 9.47 Å². The Morgan fingerprint density at radius 2 is 1.90 bits per heavy atom. The Morgan fingerprint density at radius 1 is 1.13 bits per heavy atom.